The summed E-state index contributed by atoms with van der Waals surface area (Å²) in [6.45, 7) is 4.33. The van der Waals surface area contributed by atoms with E-state index >= 15 is 0 Å². The molecule has 1 heterocycles. The number of rotatable bonds is 3. The van der Waals surface area contributed by atoms with Gasteiger partial charge in [0.2, 0.25) is 0 Å². The molecule has 0 radical (unpaired) electrons. The zero-order valence-corrected chi connectivity index (χ0v) is 13.5. The summed E-state index contributed by atoms with van der Waals surface area (Å²) in [4.78, 5) is 0. The molecule has 3 atom stereocenters. The molecule has 4 heteroatoms. The molecule has 21 heavy (non-hydrogen) atoms. The molecule has 3 saturated carbocycles. The van der Waals surface area contributed by atoms with E-state index in [-0.39, 0.29) is 24.1 Å². The lowest BCUT2D eigenvalue weighted by Gasteiger charge is -2.53. The summed E-state index contributed by atoms with van der Waals surface area (Å²) in [5, 5.41) is -0.118. The summed E-state index contributed by atoms with van der Waals surface area (Å²) < 4.78 is 12.5. The molecule has 4 fully saturated rings. The summed E-state index contributed by atoms with van der Waals surface area (Å²) in [7, 11) is -0.262. The van der Waals surface area contributed by atoms with Crippen LogP contribution in [0.25, 0.3) is 0 Å². The third-order valence-electron chi connectivity index (χ3n) is 5.75. The molecule has 2 bridgehead atoms. The lowest BCUT2D eigenvalue weighted by Crippen LogP contribution is -2.56. The van der Waals surface area contributed by atoms with E-state index in [9.17, 15) is 0 Å². The van der Waals surface area contributed by atoms with Gasteiger partial charge in [0.1, 0.15) is 0 Å². The van der Waals surface area contributed by atoms with Gasteiger partial charge in [-0.05, 0) is 56.9 Å². The molecule has 2 nitrogen and oxygen atoms in total. The van der Waals surface area contributed by atoms with Crippen molar-refractivity contribution in [1.82, 2.24) is 0 Å². The van der Waals surface area contributed by atoms with E-state index in [1.807, 2.05) is 0 Å². The molecule has 4 aliphatic rings. The molecule has 112 valence electrons. The summed E-state index contributed by atoms with van der Waals surface area (Å²) in [6, 6.07) is 8.55. The van der Waals surface area contributed by atoms with E-state index in [1.54, 1.807) is 0 Å². The fourth-order valence-corrected chi connectivity index (χ4v) is 4.49. The Hall–Kier alpha value is -0.505. The van der Waals surface area contributed by atoms with Crippen LogP contribution in [0.3, 0.4) is 0 Å². The van der Waals surface area contributed by atoms with Gasteiger partial charge in [-0.3, -0.25) is 0 Å². The Bertz CT molecular complexity index is 528. The lowest BCUT2D eigenvalue weighted by molar-refractivity contribution is -0.114. The number of hydrogen-bond donors (Lipinski definition) is 0. The largest absolute Gasteiger partial charge is 0.477 e. The Kier molecular flexibility index (Phi) is 3.36. The van der Waals surface area contributed by atoms with Crippen molar-refractivity contribution in [2.45, 2.75) is 56.5 Å². The summed E-state index contributed by atoms with van der Waals surface area (Å²) in [5.41, 5.74) is 2.42. The van der Waals surface area contributed by atoms with Gasteiger partial charge in [0.15, 0.2) is 0 Å². The standard InChI is InChI=1S/C17H22BClO2/c1-11-3-5-12(6-4-11)10-16(19)18-20-15-9-13-7-14(8-13)17(15,2)21-18/h3-6,13-16H,7-10H2,1-2H3/t13?,14?,15-,16-,17+/m1/s1. The minimum Gasteiger partial charge on any atom is -0.404 e. The first-order valence-corrected chi connectivity index (χ1v) is 8.51. The van der Waals surface area contributed by atoms with Gasteiger partial charge in [0.05, 0.1) is 17.0 Å². The Morgan fingerprint density at radius 3 is 2.67 bits per heavy atom. The molecule has 1 aromatic carbocycles. The minimum atomic E-state index is -0.262. The van der Waals surface area contributed by atoms with Crippen LogP contribution in [0, 0.1) is 18.8 Å². The van der Waals surface area contributed by atoms with E-state index in [0.717, 1.165) is 18.8 Å². The Morgan fingerprint density at radius 2 is 2.00 bits per heavy atom. The second-order valence-corrected chi connectivity index (χ2v) is 7.83. The molecule has 0 unspecified atom stereocenters. The highest BCUT2D eigenvalue weighted by molar-refractivity contribution is 6.60. The molecule has 1 aromatic rings. The molecular formula is C17H22BClO2. The monoisotopic (exact) mass is 304 g/mol. The molecule has 0 spiro atoms. The van der Waals surface area contributed by atoms with Gasteiger partial charge in [0, 0.05) is 0 Å². The molecule has 3 aliphatic carbocycles. The Morgan fingerprint density at radius 1 is 1.29 bits per heavy atom. The Labute approximate surface area is 132 Å². The van der Waals surface area contributed by atoms with Crippen molar-refractivity contribution in [3.05, 3.63) is 35.4 Å². The van der Waals surface area contributed by atoms with E-state index in [1.165, 1.54) is 24.0 Å². The van der Waals surface area contributed by atoms with Crippen molar-refractivity contribution in [2.24, 2.45) is 11.8 Å². The zero-order valence-electron chi connectivity index (χ0n) is 12.7. The van der Waals surface area contributed by atoms with Gasteiger partial charge < -0.3 is 9.31 Å². The molecule has 0 N–H and O–H groups in total. The summed E-state index contributed by atoms with van der Waals surface area (Å²) in [6.07, 6.45) is 4.82. The molecule has 0 aromatic heterocycles. The SMILES string of the molecule is Cc1ccc(C[C@@H](Cl)B2O[C@@H]3CC4CC(C4)[C@]3(C)O2)cc1. The van der Waals surface area contributed by atoms with Crippen LogP contribution in [-0.4, -0.2) is 24.1 Å². The highest BCUT2D eigenvalue weighted by Crippen LogP contribution is 2.56. The second kappa shape index (κ2) is 5.01. The van der Waals surface area contributed by atoms with Gasteiger partial charge in [-0.1, -0.05) is 29.8 Å². The highest BCUT2D eigenvalue weighted by Gasteiger charge is 2.61. The van der Waals surface area contributed by atoms with Crippen LogP contribution in [0.1, 0.15) is 37.3 Å². The molecule has 1 aliphatic heterocycles. The van der Waals surface area contributed by atoms with Gasteiger partial charge >= 0.3 is 7.12 Å². The number of halogens is 1. The van der Waals surface area contributed by atoms with Crippen molar-refractivity contribution in [3.8, 4) is 0 Å². The third-order valence-corrected chi connectivity index (χ3v) is 6.11. The van der Waals surface area contributed by atoms with Gasteiger partial charge in [-0.2, -0.15) is 0 Å². The zero-order chi connectivity index (χ0) is 14.6. The third kappa shape index (κ3) is 2.34. The molecule has 1 saturated heterocycles. The van der Waals surface area contributed by atoms with Crippen molar-refractivity contribution in [3.63, 3.8) is 0 Å². The van der Waals surface area contributed by atoms with Crippen LogP contribution in [0.4, 0.5) is 0 Å². The summed E-state index contributed by atoms with van der Waals surface area (Å²) >= 11 is 6.60. The second-order valence-electron chi connectivity index (χ2n) is 7.27. The predicted molar refractivity (Wildman–Crippen MR) is 85.5 cm³/mol. The van der Waals surface area contributed by atoms with Crippen LogP contribution in [-0.2, 0) is 15.7 Å². The maximum absolute atomic E-state index is 6.60. The lowest BCUT2D eigenvalue weighted by atomic mass is 9.57. The van der Waals surface area contributed by atoms with Crippen molar-refractivity contribution >= 4 is 18.7 Å². The number of hydrogen-bond acceptors (Lipinski definition) is 2. The molecule has 5 rings (SSSR count). The minimum absolute atomic E-state index is 0.0974. The molecular weight excluding hydrogens is 282 g/mol. The quantitative estimate of drug-likeness (QED) is 0.625. The maximum atomic E-state index is 6.60. The van der Waals surface area contributed by atoms with Crippen LogP contribution in [0.15, 0.2) is 24.3 Å². The van der Waals surface area contributed by atoms with Crippen LogP contribution >= 0.6 is 11.6 Å². The van der Waals surface area contributed by atoms with Crippen LogP contribution in [0.5, 0.6) is 0 Å². The first-order chi connectivity index (χ1) is 10.0. The molecule has 0 amide bonds. The number of alkyl halides is 1. The van der Waals surface area contributed by atoms with Crippen LogP contribution in [0.2, 0.25) is 0 Å². The average Bonchev–Trinajstić information content (AvgIpc) is 2.77. The number of benzene rings is 1. The topological polar surface area (TPSA) is 18.5 Å². The fraction of sp³-hybridized carbons (Fsp3) is 0.647. The fourth-order valence-electron chi connectivity index (χ4n) is 4.20. The number of aryl methyl sites for hydroxylation is 1. The average molecular weight is 305 g/mol. The van der Waals surface area contributed by atoms with Crippen molar-refractivity contribution in [1.29, 1.82) is 0 Å². The highest BCUT2D eigenvalue weighted by atomic mass is 35.5. The van der Waals surface area contributed by atoms with E-state index < -0.39 is 0 Å². The first-order valence-electron chi connectivity index (χ1n) is 8.07. The first kappa shape index (κ1) is 14.1. The van der Waals surface area contributed by atoms with Crippen molar-refractivity contribution < 1.29 is 9.31 Å². The maximum Gasteiger partial charge on any atom is 0.477 e. The van der Waals surface area contributed by atoms with E-state index in [2.05, 4.69) is 38.1 Å². The van der Waals surface area contributed by atoms with E-state index in [4.69, 9.17) is 20.9 Å². The Balaban J connectivity index is 1.44. The normalized spacial score (nSPS) is 38.8. The predicted octanol–water partition coefficient (Wildman–Crippen LogP) is 3.78. The van der Waals surface area contributed by atoms with Crippen molar-refractivity contribution in [2.75, 3.05) is 0 Å². The van der Waals surface area contributed by atoms with Gasteiger partial charge in [-0.15, -0.1) is 11.6 Å². The summed E-state index contributed by atoms with van der Waals surface area (Å²) in [5.74, 6) is 1.54. The van der Waals surface area contributed by atoms with Gasteiger partial charge in [-0.25, -0.2) is 0 Å². The van der Waals surface area contributed by atoms with Crippen LogP contribution < -0.4 is 0 Å². The van der Waals surface area contributed by atoms with Gasteiger partial charge in [0.25, 0.3) is 0 Å². The smallest absolute Gasteiger partial charge is 0.404 e. The van der Waals surface area contributed by atoms with E-state index in [0.29, 0.717) is 5.92 Å².